The number of carbonyl (C=O) groups is 1. The number of nitrogens with one attached hydrogen (secondary N) is 1. The topological polar surface area (TPSA) is 105 Å². The van der Waals surface area contributed by atoms with Gasteiger partial charge in [-0.05, 0) is 51.4 Å². The minimum Gasteiger partial charge on any atom is -0.391 e. The largest absolute Gasteiger partial charge is 0.472 e. The van der Waals surface area contributed by atoms with Crippen LogP contribution in [0.4, 0.5) is 0 Å². The number of nitrogens with zero attached hydrogens (tertiary/aromatic N) is 1. The number of phosphoric acid groups is 1. The molecule has 0 saturated heterocycles. The van der Waals surface area contributed by atoms with Gasteiger partial charge in [-0.15, -0.1) is 0 Å². The van der Waals surface area contributed by atoms with E-state index in [-0.39, 0.29) is 19.1 Å². The van der Waals surface area contributed by atoms with Crippen LogP contribution in [0.1, 0.15) is 380 Å². The van der Waals surface area contributed by atoms with E-state index >= 15 is 0 Å². The van der Waals surface area contributed by atoms with E-state index in [9.17, 15) is 19.4 Å². The van der Waals surface area contributed by atoms with Gasteiger partial charge < -0.3 is 19.8 Å². The number of amides is 1. The molecule has 0 aromatic heterocycles. The molecule has 83 heavy (non-hydrogen) atoms. The Kier molecular flexibility index (Phi) is 64.2. The highest BCUT2D eigenvalue weighted by molar-refractivity contribution is 7.47. The molecular formula is C74H146N2O6P+. The van der Waals surface area contributed by atoms with Crippen LogP contribution in [0.5, 0.6) is 0 Å². The fraction of sp³-hybridized carbons (Fsp3) is 0.905. The Balaban J connectivity index is 3.91. The van der Waals surface area contributed by atoms with Crippen molar-refractivity contribution in [2.24, 2.45) is 0 Å². The molecule has 0 aromatic carbocycles. The highest BCUT2D eigenvalue weighted by Crippen LogP contribution is 2.43. The van der Waals surface area contributed by atoms with Crippen LogP contribution in [-0.4, -0.2) is 73.4 Å². The smallest absolute Gasteiger partial charge is 0.391 e. The summed E-state index contributed by atoms with van der Waals surface area (Å²) in [5, 5.41) is 14.2. The Morgan fingerprint density at radius 3 is 1.00 bits per heavy atom. The quantitative estimate of drug-likeness (QED) is 0.0243. The van der Waals surface area contributed by atoms with Crippen molar-refractivity contribution in [3.63, 3.8) is 0 Å². The van der Waals surface area contributed by atoms with Crippen LogP contribution in [0.25, 0.3) is 0 Å². The van der Waals surface area contributed by atoms with Crippen molar-refractivity contribution in [3.05, 3.63) is 36.5 Å². The Morgan fingerprint density at radius 2 is 0.687 bits per heavy atom. The number of aliphatic hydroxyl groups is 1. The van der Waals surface area contributed by atoms with Crippen molar-refractivity contribution in [2.75, 3.05) is 40.9 Å². The number of unbranched alkanes of at least 4 members (excludes halogenated alkanes) is 50. The van der Waals surface area contributed by atoms with Gasteiger partial charge in [-0.25, -0.2) is 4.57 Å². The second kappa shape index (κ2) is 65.2. The monoisotopic (exact) mass is 1190 g/mol. The second-order valence-corrected chi connectivity index (χ2v) is 28.1. The van der Waals surface area contributed by atoms with Crippen LogP contribution >= 0.6 is 7.82 Å². The van der Waals surface area contributed by atoms with Crippen LogP contribution in [0.3, 0.4) is 0 Å². The molecule has 0 aromatic rings. The lowest BCUT2D eigenvalue weighted by atomic mass is 10.0. The van der Waals surface area contributed by atoms with E-state index in [1.165, 1.54) is 302 Å². The first-order chi connectivity index (χ1) is 40.5. The van der Waals surface area contributed by atoms with Crippen molar-refractivity contribution in [3.8, 4) is 0 Å². The second-order valence-electron chi connectivity index (χ2n) is 26.7. The minimum absolute atomic E-state index is 0.0774. The van der Waals surface area contributed by atoms with Gasteiger partial charge in [0.1, 0.15) is 13.2 Å². The minimum atomic E-state index is -4.33. The summed E-state index contributed by atoms with van der Waals surface area (Å²) in [4.78, 5) is 23.5. The highest BCUT2D eigenvalue weighted by atomic mass is 31.2. The molecule has 9 heteroatoms. The fourth-order valence-electron chi connectivity index (χ4n) is 11.4. The zero-order valence-electron chi connectivity index (χ0n) is 56.5. The van der Waals surface area contributed by atoms with Crippen LogP contribution in [0, 0.1) is 0 Å². The molecule has 8 nitrogen and oxygen atoms in total. The standard InChI is InChI=1S/C74H145N2O6P/c1-6-8-10-12-14-16-18-20-22-24-26-28-30-31-32-33-34-35-36-37-38-39-40-41-42-43-44-45-46-48-50-52-54-56-58-60-62-64-66-68-74(78)75-72(71-82-83(79,80)81-70-69-76(3,4)5)73(77)67-65-63-61-59-57-55-53-51-49-47-29-27-25-23-21-19-17-15-13-11-9-7-2/h18,20,24,26,30-31,72-73,77H,6-17,19,21-23,25,27-29,32-71H2,1-5H3,(H-,75,78,79,80)/p+1/b20-18-,26-24-,31-30-. The maximum atomic E-state index is 13.1. The number of hydrogen-bond acceptors (Lipinski definition) is 5. The lowest BCUT2D eigenvalue weighted by Gasteiger charge is -2.26. The first-order valence-electron chi connectivity index (χ1n) is 36.9. The molecule has 0 aliphatic rings. The Hall–Kier alpha value is -1.28. The molecule has 3 N–H and O–H groups in total. The van der Waals surface area contributed by atoms with Crippen LogP contribution < -0.4 is 5.32 Å². The van der Waals surface area contributed by atoms with Gasteiger partial charge in [0.05, 0.1) is 39.9 Å². The van der Waals surface area contributed by atoms with E-state index in [0.29, 0.717) is 23.9 Å². The molecule has 3 unspecified atom stereocenters. The van der Waals surface area contributed by atoms with Crippen molar-refractivity contribution in [1.29, 1.82) is 0 Å². The van der Waals surface area contributed by atoms with E-state index in [4.69, 9.17) is 9.05 Å². The Bertz CT molecular complexity index is 1450. The fourth-order valence-corrected chi connectivity index (χ4v) is 12.1. The maximum absolute atomic E-state index is 13.1. The van der Waals surface area contributed by atoms with Gasteiger partial charge in [0.2, 0.25) is 5.91 Å². The zero-order valence-corrected chi connectivity index (χ0v) is 57.4. The summed E-state index contributed by atoms with van der Waals surface area (Å²) in [6, 6.07) is -0.760. The number of likely N-dealkylation sites (N-methyl/N-ethyl adjacent to an activating group) is 1. The van der Waals surface area contributed by atoms with E-state index in [1.54, 1.807) is 0 Å². The molecule has 0 radical (unpaired) electrons. The van der Waals surface area contributed by atoms with Crippen molar-refractivity contribution >= 4 is 13.7 Å². The maximum Gasteiger partial charge on any atom is 0.472 e. The van der Waals surface area contributed by atoms with Crippen LogP contribution in [-0.2, 0) is 18.4 Å². The van der Waals surface area contributed by atoms with Gasteiger partial charge in [0, 0.05) is 6.42 Å². The number of phosphoric ester groups is 1. The SMILES string of the molecule is CCCCCCC/C=C\C/C=C\C/C=C\CCCCCCCCCCCCCCCCCCCCCCCCCCC(=O)NC(COP(=O)(O)OCC[N+](C)(C)C)C(O)CCCCCCCCCCCCCCCCCCCCCCCC. The van der Waals surface area contributed by atoms with Gasteiger partial charge in [-0.3, -0.25) is 13.8 Å². The summed E-state index contributed by atoms with van der Waals surface area (Å²) < 4.78 is 23.9. The zero-order chi connectivity index (χ0) is 60.5. The molecule has 1 amide bonds. The molecule has 0 spiro atoms. The molecule has 492 valence electrons. The molecule has 0 bridgehead atoms. The Morgan fingerprint density at radius 1 is 0.410 bits per heavy atom. The van der Waals surface area contributed by atoms with E-state index in [1.807, 2.05) is 21.1 Å². The number of quaternary nitrogens is 1. The molecule has 0 saturated carbocycles. The third-order valence-corrected chi connectivity index (χ3v) is 18.1. The molecule has 0 aliphatic heterocycles. The number of aliphatic hydroxyl groups excluding tert-OH is 1. The molecule has 3 atom stereocenters. The van der Waals surface area contributed by atoms with Crippen LogP contribution in [0.2, 0.25) is 0 Å². The van der Waals surface area contributed by atoms with Gasteiger partial charge in [0.15, 0.2) is 0 Å². The number of allylic oxidation sites excluding steroid dienone is 6. The summed E-state index contributed by atoms with van der Waals surface area (Å²) in [5.41, 5.74) is 0. The van der Waals surface area contributed by atoms with Gasteiger partial charge in [-0.2, -0.15) is 0 Å². The molecule has 0 rings (SSSR count). The summed E-state index contributed by atoms with van der Waals surface area (Å²) in [6.07, 6.45) is 86.9. The van der Waals surface area contributed by atoms with Gasteiger partial charge in [-0.1, -0.05) is 359 Å². The lowest BCUT2D eigenvalue weighted by Crippen LogP contribution is -2.46. The molecule has 0 aliphatic carbocycles. The molecule has 0 fully saturated rings. The lowest BCUT2D eigenvalue weighted by molar-refractivity contribution is -0.870. The average Bonchev–Trinajstić information content (AvgIpc) is 3.50. The number of carbonyl (C=O) groups excluding carboxylic acids is 1. The van der Waals surface area contributed by atoms with Gasteiger partial charge >= 0.3 is 7.82 Å². The summed E-state index contributed by atoms with van der Waals surface area (Å²) >= 11 is 0. The summed E-state index contributed by atoms with van der Waals surface area (Å²) in [7, 11) is 1.64. The molecular weight excluding hydrogens is 1040 g/mol. The van der Waals surface area contributed by atoms with E-state index < -0.39 is 20.0 Å². The van der Waals surface area contributed by atoms with Crippen molar-refractivity contribution < 1.29 is 32.9 Å². The summed E-state index contributed by atoms with van der Waals surface area (Å²) in [5.74, 6) is -0.135. The third kappa shape index (κ3) is 68.1. The predicted molar refractivity (Wildman–Crippen MR) is 365 cm³/mol. The molecule has 0 heterocycles. The summed E-state index contributed by atoms with van der Waals surface area (Å²) in [6.45, 7) is 4.94. The normalized spacial score (nSPS) is 13.8. The first kappa shape index (κ1) is 81.7. The predicted octanol–water partition coefficient (Wildman–Crippen LogP) is 23.6. The van der Waals surface area contributed by atoms with Crippen molar-refractivity contribution in [1.82, 2.24) is 5.32 Å². The number of rotatable bonds is 69. The third-order valence-electron chi connectivity index (χ3n) is 17.1. The van der Waals surface area contributed by atoms with Crippen LogP contribution in [0.15, 0.2) is 36.5 Å². The number of hydrogen-bond donors (Lipinski definition) is 3. The highest BCUT2D eigenvalue weighted by Gasteiger charge is 2.28. The Labute approximate surface area is 518 Å². The first-order valence-corrected chi connectivity index (χ1v) is 38.3. The van der Waals surface area contributed by atoms with Gasteiger partial charge in [0.25, 0.3) is 0 Å². The van der Waals surface area contributed by atoms with Crippen molar-refractivity contribution in [2.45, 2.75) is 392 Å². The average molecular weight is 1190 g/mol. The van der Waals surface area contributed by atoms with E-state index in [0.717, 1.165) is 51.4 Å². The van der Waals surface area contributed by atoms with E-state index in [2.05, 4.69) is 55.6 Å².